The van der Waals surface area contributed by atoms with Crippen molar-refractivity contribution in [2.45, 2.75) is 108 Å². The summed E-state index contributed by atoms with van der Waals surface area (Å²) in [5.74, 6) is 0.0945. The lowest BCUT2D eigenvalue weighted by atomic mass is 10.0. The van der Waals surface area contributed by atoms with Gasteiger partial charge in [-0.1, -0.05) is 90.4 Å². The molecule has 0 saturated carbocycles. The maximum atomic E-state index is 11.2. The van der Waals surface area contributed by atoms with Crippen LogP contribution in [0.2, 0.25) is 0 Å². The number of unbranched alkanes of at least 4 members (excludes halogenated alkanes) is 13. The fourth-order valence-electron chi connectivity index (χ4n) is 3.43. The largest absolute Gasteiger partial charge is 0.508 e. The fourth-order valence-corrected chi connectivity index (χ4v) is 3.96. The summed E-state index contributed by atoms with van der Waals surface area (Å²) in [6.07, 6.45) is 18.7. The topological polar surface area (TPSA) is 74.6 Å². The molecule has 0 radical (unpaired) electrons. The van der Waals surface area contributed by atoms with E-state index in [9.17, 15) is 13.5 Å². The Bertz CT molecular complexity index is 611. The van der Waals surface area contributed by atoms with E-state index < -0.39 is 10.1 Å². The molecular weight excluding hydrogens is 360 g/mol. The molecule has 2 N–H and O–H groups in total. The van der Waals surface area contributed by atoms with Crippen LogP contribution in [-0.2, 0) is 16.5 Å². The van der Waals surface area contributed by atoms with Crippen molar-refractivity contribution in [3.8, 4) is 5.75 Å². The maximum absolute atomic E-state index is 11.2. The number of rotatable bonds is 16. The van der Waals surface area contributed by atoms with Gasteiger partial charge in [0.15, 0.2) is 0 Å². The third-order valence-electron chi connectivity index (χ3n) is 5.15. The smallest absolute Gasteiger partial charge is 0.294 e. The summed E-state index contributed by atoms with van der Waals surface area (Å²) in [6, 6.07) is 3.93. The Morgan fingerprint density at radius 1 is 0.741 bits per heavy atom. The lowest BCUT2D eigenvalue weighted by Crippen LogP contribution is -1.99. The SMILES string of the molecule is CCCCCCCCCCCCCCCCc1cc(S(=O)(=O)O)ccc1O. The van der Waals surface area contributed by atoms with Crippen LogP contribution in [0.15, 0.2) is 23.1 Å². The Morgan fingerprint density at radius 3 is 1.63 bits per heavy atom. The minimum absolute atomic E-state index is 0.0945. The van der Waals surface area contributed by atoms with Crippen molar-refractivity contribution in [1.29, 1.82) is 0 Å². The third-order valence-corrected chi connectivity index (χ3v) is 6.00. The minimum atomic E-state index is -4.21. The van der Waals surface area contributed by atoms with Gasteiger partial charge >= 0.3 is 0 Å². The zero-order valence-electron chi connectivity index (χ0n) is 17.0. The van der Waals surface area contributed by atoms with Gasteiger partial charge in [0.1, 0.15) is 5.75 Å². The van der Waals surface area contributed by atoms with Crippen LogP contribution in [0.1, 0.15) is 102 Å². The Kier molecular flexibility index (Phi) is 12.4. The number of benzene rings is 1. The van der Waals surface area contributed by atoms with E-state index in [0.29, 0.717) is 12.0 Å². The van der Waals surface area contributed by atoms with Gasteiger partial charge in [0.25, 0.3) is 10.1 Å². The van der Waals surface area contributed by atoms with E-state index in [-0.39, 0.29) is 10.6 Å². The first-order valence-electron chi connectivity index (χ1n) is 10.7. The number of phenolic OH excluding ortho intramolecular Hbond substituents is 1. The second-order valence-corrected chi connectivity index (χ2v) is 9.03. The highest BCUT2D eigenvalue weighted by Crippen LogP contribution is 2.23. The molecule has 0 saturated heterocycles. The number of aromatic hydroxyl groups is 1. The molecule has 1 aromatic carbocycles. The summed E-state index contributed by atoms with van der Waals surface area (Å²) in [7, 11) is -4.21. The van der Waals surface area contributed by atoms with Crippen molar-refractivity contribution in [3.63, 3.8) is 0 Å². The summed E-state index contributed by atoms with van der Waals surface area (Å²) in [5.41, 5.74) is 0.587. The van der Waals surface area contributed by atoms with Gasteiger partial charge in [-0.3, -0.25) is 4.55 Å². The molecule has 0 aromatic heterocycles. The summed E-state index contributed by atoms with van der Waals surface area (Å²) in [5, 5.41) is 9.83. The van der Waals surface area contributed by atoms with Crippen molar-refractivity contribution < 1.29 is 18.1 Å². The second kappa shape index (κ2) is 14.0. The van der Waals surface area contributed by atoms with Gasteiger partial charge in [-0.05, 0) is 36.6 Å². The van der Waals surface area contributed by atoms with Crippen molar-refractivity contribution >= 4 is 10.1 Å². The van der Waals surface area contributed by atoms with Gasteiger partial charge < -0.3 is 5.11 Å². The Labute approximate surface area is 166 Å². The predicted molar refractivity (Wildman–Crippen MR) is 112 cm³/mol. The second-order valence-electron chi connectivity index (χ2n) is 7.61. The van der Waals surface area contributed by atoms with Crippen LogP contribution < -0.4 is 0 Å². The highest BCUT2D eigenvalue weighted by molar-refractivity contribution is 7.85. The normalized spacial score (nSPS) is 11.8. The standard InChI is InChI=1S/C22H38O4S/c1-2-3-4-5-6-7-8-9-10-11-12-13-14-15-16-20-19-21(27(24,25)26)17-18-22(20)23/h17-19,23H,2-16H2,1H3,(H,24,25,26). The van der Waals surface area contributed by atoms with Crippen LogP contribution in [0.5, 0.6) is 5.75 Å². The first kappa shape index (κ1) is 24.0. The molecule has 0 fully saturated rings. The lowest BCUT2D eigenvalue weighted by Gasteiger charge is -2.07. The van der Waals surface area contributed by atoms with Gasteiger partial charge in [-0.15, -0.1) is 0 Å². The summed E-state index contributed by atoms with van der Waals surface area (Å²) in [4.78, 5) is -0.152. The summed E-state index contributed by atoms with van der Waals surface area (Å²) in [6.45, 7) is 2.26. The third kappa shape index (κ3) is 11.4. The van der Waals surface area contributed by atoms with Crippen molar-refractivity contribution in [2.75, 3.05) is 0 Å². The molecule has 0 atom stereocenters. The van der Waals surface area contributed by atoms with E-state index in [0.717, 1.165) is 12.8 Å². The minimum Gasteiger partial charge on any atom is -0.508 e. The highest BCUT2D eigenvalue weighted by Gasteiger charge is 2.12. The average molecular weight is 399 g/mol. The van der Waals surface area contributed by atoms with E-state index in [4.69, 9.17) is 4.55 Å². The van der Waals surface area contributed by atoms with Crippen molar-refractivity contribution in [1.82, 2.24) is 0 Å². The zero-order chi connectivity index (χ0) is 20.0. The molecule has 4 nitrogen and oxygen atoms in total. The quantitative estimate of drug-likeness (QED) is 0.241. The van der Waals surface area contributed by atoms with E-state index in [1.807, 2.05) is 0 Å². The van der Waals surface area contributed by atoms with E-state index in [1.165, 1.54) is 95.2 Å². The Morgan fingerprint density at radius 2 is 1.19 bits per heavy atom. The van der Waals surface area contributed by atoms with Gasteiger partial charge in [0, 0.05) is 0 Å². The van der Waals surface area contributed by atoms with Crippen molar-refractivity contribution in [2.24, 2.45) is 0 Å². The fraction of sp³-hybridized carbons (Fsp3) is 0.727. The molecule has 1 aromatic rings. The van der Waals surface area contributed by atoms with Crippen LogP contribution >= 0.6 is 0 Å². The zero-order valence-corrected chi connectivity index (χ0v) is 17.8. The van der Waals surface area contributed by atoms with E-state index >= 15 is 0 Å². The van der Waals surface area contributed by atoms with Gasteiger partial charge in [0.2, 0.25) is 0 Å². The van der Waals surface area contributed by atoms with Crippen molar-refractivity contribution in [3.05, 3.63) is 23.8 Å². The van der Waals surface area contributed by atoms with Crippen LogP contribution in [0, 0.1) is 0 Å². The lowest BCUT2D eigenvalue weighted by molar-refractivity contribution is 0.463. The van der Waals surface area contributed by atoms with Crippen LogP contribution in [0.25, 0.3) is 0 Å². The number of phenols is 1. The molecule has 0 unspecified atom stereocenters. The molecule has 0 spiro atoms. The van der Waals surface area contributed by atoms with Crippen LogP contribution in [0.4, 0.5) is 0 Å². The van der Waals surface area contributed by atoms with E-state index in [1.54, 1.807) is 0 Å². The molecule has 0 aliphatic carbocycles. The van der Waals surface area contributed by atoms with Gasteiger partial charge in [0.05, 0.1) is 4.90 Å². The summed E-state index contributed by atoms with van der Waals surface area (Å²) < 4.78 is 31.4. The molecule has 0 heterocycles. The van der Waals surface area contributed by atoms with Gasteiger partial charge in [-0.25, -0.2) is 0 Å². The molecular formula is C22H38O4S. The molecule has 0 bridgehead atoms. The molecule has 0 aliphatic rings. The molecule has 5 heteroatoms. The first-order valence-corrected chi connectivity index (χ1v) is 12.2. The first-order chi connectivity index (χ1) is 12.9. The molecule has 1 rings (SSSR count). The van der Waals surface area contributed by atoms with E-state index in [2.05, 4.69) is 6.92 Å². The number of aryl methyl sites for hydroxylation is 1. The molecule has 156 valence electrons. The molecule has 27 heavy (non-hydrogen) atoms. The monoisotopic (exact) mass is 398 g/mol. The maximum Gasteiger partial charge on any atom is 0.294 e. The molecule has 0 aliphatic heterocycles. The Hall–Kier alpha value is -1.07. The predicted octanol–water partition coefficient (Wildman–Crippen LogP) is 6.66. The summed E-state index contributed by atoms with van der Waals surface area (Å²) >= 11 is 0. The number of hydrogen-bond acceptors (Lipinski definition) is 3. The van der Waals surface area contributed by atoms with Crippen LogP contribution in [-0.4, -0.2) is 18.1 Å². The van der Waals surface area contributed by atoms with Gasteiger partial charge in [-0.2, -0.15) is 8.42 Å². The number of hydrogen-bond donors (Lipinski definition) is 2. The van der Waals surface area contributed by atoms with Crippen LogP contribution in [0.3, 0.4) is 0 Å². The highest BCUT2D eigenvalue weighted by atomic mass is 32.2. The average Bonchev–Trinajstić information content (AvgIpc) is 2.62. The Balaban J connectivity index is 2.02. The molecule has 0 amide bonds.